The molecule has 1 aromatic heterocycles. The Balaban J connectivity index is 1.75. The van der Waals surface area contributed by atoms with Crippen LogP contribution in [0.2, 0.25) is 0 Å². The van der Waals surface area contributed by atoms with Crippen LogP contribution in [-0.2, 0) is 11.3 Å². The van der Waals surface area contributed by atoms with E-state index >= 15 is 0 Å². The Morgan fingerprint density at radius 2 is 2.00 bits per heavy atom. The molecular weight excluding hydrogens is 318 g/mol. The van der Waals surface area contributed by atoms with Crippen molar-refractivity contribution in [2.75, 3.05) is 38.3 Å². The molecule has 6 heteroatoms. The van der Waals surface area contributed by atoms with Crippen LogP contribution in [-0.4, -0.2) is 49.3 Å². The number of hydrogen-bond acceptors (Lipinski definition) is 5. The number of ether oxygens (including phenoxy) is 1. The third-order valence-electron chi connectivity index (χ3n) is 4.39. The van der Waals surface area contributed by atoms with Gasteiger partial charge < -0.3 is 19.1 Å². The van der Waals surface area contributed by atoms with Crippen LogP contribution < -0.4 is 4.90 Å². The Hall–Kier alpha value is -2.34. The van der Waals surface area contributed by atoms with E-state index in [4.69, 9.17) is 9.26 Å². The number of carbonyl (C=O) groups excluding carboxylic acids is 1. The second-order valence-corrected chi connectivity index (χ2v) is 6.65. The van der Waals surface area contributed by atoms with Gasteiger partial charge in [-0.1, -0.05) is 31.1 Å². The van der Waals surface area contributed by atoms with Gasteiger partial charge >= 0.3 is 0 Å². The van der Waals surface area contributed by atoms with Crippen molar-refractivity contribution in [3.05, 3.63) is 47.3 Å². The molecule has 1 aliphatic rings. The minimum absolute atomic E-state index is 0.0235. The second kappa shape index (κ2) is 7.70. The topological polar surface area (TPSA) is 58.8 Å². The predicted molar refractivity (Wildman–Crippen MR) is 95.9 cm³/mol. The first-order valence-electron chi connectivity index (χ1n) is 8.69. The van der Waals surface area contributed by atoms with Crippen molar-refractivity contribution in [3.63, 3.8) is 0 Å². The molecule has 0 spiro atoms. The number of nitrogens with zero attached hydrogens (tertiary/aromatic N) is 3. The van der Waals surface area contributed by atoms with Crippen LogP contribution in [0, 0.1) is 0 Å². The number of morpholine rings is 1. The van der Waals surface area contributed by atoms with Gasteiger partial charge in [-0.2, -0.15) is 0 Å². The van der Waals surface area contributed by atoms with Gasteiger partial charge in [-0.15, -0.1) is 0 Å². The summed E-state index contributed by atoms with van der Waals surface area (Å²) in [5.74, 6) is 0.980. The molecule has 134 valence electrons. The van der Waals surface area contributed by atoms with Crippen LogP contribution in [0.5, 0.6) is 0 Å². The molecule has 1 aromatic carbocycles. The summed E-state index contributed by atoms with van der Waals surface area (Å²) in [6, 6.07) is 9.66. The molecule has 0 unspecified atom stereocenters. The fraction of sp³-hybridized carbons (Fsp3) is 0.474. The minimum Gasteiger partial charge on any atom is -0.378 e. The van der Waals surface area contributed by atoms with Crippen molar-refractivity contribution >= 4 is 11.6 Å². The fourth-order valence-electron chi connectivity index (χ4n) is 2.92. The van der Waals surface area contributed by atoms with Crippen LogP contribution in [0.3, 0.4) is 0 Å². The SMILES string of the molecule is CC(C)c1cc(CN(C)C(=O)c2ccccc2N2CCOCC2)on1. The van der Waals surface area contributed by atoms with Crippen LogP contribution in [0.4, 0.5) is 5.69 Å². The molecular formula is C19H25N3O3. The fourth-order valence-corrected chi connectivity index (χ4v) is 2.92. The summed E-state index contributed by atoms with van der Waals surface area (Å²) >= 11 is 0. The van der Waals surface area contributed by atoms with E-state index in [-0.39, 0.29) is 5.91 Å². The molecule has 3 rings (SSSR count). The second-order valence-electron chi connectivity index (χ2n) is 6.65. The van der Waals surface area contributed by atoms with E-state index in [1.54, 1.807) is 11.9 Å². The highest BCUT2D eigenvalue weighted by atomic mass is 16.5. The summed E-state index contributed by atoms with van der Waals surface area (Å²) in [6.45, 7) is 7.50. The van der Waals surface area contributed by atoms with Gasteiger partial charge in [-0.05, 0) is 18.1 Å². The van der Waals surface area contributed by atoms with Crippen molar-refractivity contribution in [3.8, 4) is 0 Å². The van der Waals surface area contributed by atoms with E-state index in [9.17, 15) is 4.79 Å². The molecule has 0 atom stereocenters. The normalized spacial score (nSPS) is 14.8. The largest absolute Gasteiger partial charge is 0.378 e. The molecule has 1 aliphatic heterocycles. The van der Waals surface area contributed by atoms with Gasteiger partial charge in [0.05, 0.1) is 31.0 Å². The van der Waals surface area contributed by atoms with Gasteiger partial charge in [0.25, 0.3) is 5.91 Å². The molecule has 1 amide bonds. The van der Waals surface area contributed by atoms with Gasteiger partial charge in [0.1, 0.15) is 0 Å². The molecule has 1 fully saturated rings. The van der Waals surface area contributed by atoms with Gasteiger partial charge in [-0.25, -0.2) is 0 Å². The highest BCUT2D eigenvalue weighted by molar-refractivity contribution is 5.99. The van der Waals surface area contributed by atoms with E-state index in [1.807, 2.05) is 30.3 Å². The lowest BCUT2D eigenvalue weighted by molar-refractivity contribution is 0.0771. The smallest absolute Gasteiger partial charge is 0.256 e. The van der Waals surface area contributed by atoms with Crippen molar-refractivity contribution in [1.29, 1.82) is 0 Å². The van der Waals surface area contributed by atoms with Crippen molar-refractivity contribution in [2.24, 2.45) is 0 Å². The first-order valence-corrected chi connectivity index (χ1v) is 8.69. The Bertz CT molecular complexity index is 720. The van der Waals surface area contributed by atoms with Crippen LogP contribution in [0.15, 0.2) is 34.9 Å². The van der Waals surface area contributed by atoms with Crippen molar-refractivity contribution in [2.45, 2.75) is 26.3 Å². The lowest BCUT2D eigenvalue weighted by Crippen LogP contribution is -2.38. The van der Waals surface area contributed by atoms with E-state index in [1.165, 1.54) is 0 Å². The zero-order valence-corrected chi connectivity index (χ0v) is 15.1. The summed E-state index contributed by atoms with van der Waals surface area (Å²) in [5, 5.41) is 4.06. The molecule has 1 saturated heterocycles. The monoisotopic (exact) mass is 343 g/mol. The number of anilines is 1. The maximum Gasteiger partial charge on any atom is 0.256 e. The van der Waals surface area contributed by atoms with Crippen molar-refractivity contribution < 1.29 is 14.1 Å². The van der Waals surface area contributed by atoms with E-state index in [2.05, 4.69) is 23.9 Å². The maximum absolute atomic E-state index is 13.0. The first kappa shape index (κ1) is 17.5. The average molecular weight is 343 g/mol. The number of aromatic nitrogens is 1. The molecule has 25 heavy (non-hydrogen) atoms. The molecule has 0 aliphatic carbocycles. The Morgan fingerprint density at radius 3 is 2.68 bits per heavy atom. The lowest BCUT2D eigenvalue weighted by Gasteiger charge is -2.31. The van der Waals surface area contributed by atoms with E-state index in [0.29, 0.717) is 37.0 Å². The number of amides is 1. The third-order valence-corrected chi connectivity index (χ3v) is 4.39. The zero-order chi connectivity index (χ0) is 17.8. The van der Waals surface area contributed by atoms with Gasteiger partial charge in [0.15, 0.2) is 5.76 Å². The molecule has 0 radical (unpaired) electrons. The summed E-state index contributed by atoms with van der Waals surface area (Å²) in [6.07, 6.45) is 0. The molecule has 2 heterocycles. The summed E-state index contributed by atoms with van der Waals surface area (Å²) in [5.41, 5.74) is 2.57. The highest BCUT2D eigenvalue weighted by Crippen LogP contribution is 2.23. The number of benzene rings is 1. The van der Waals surface area contributed by atoms with Crippen LogP contribution in [0.25, 0.3) is 0 Å². The molecule has 0 N–H and O–H groups in total. The lowest BCUT2D eigenvalue weighted by atomic mass is 10.1. The minimum atomic E-state index is -0.0235. The Labute approximate surface area is 148 Å². The molecule has 0 bridgehead atoms. The van der Waals surface area contributed by atoms with Crippen LogP contribution >= 0.6 is 0 Å². The molecule has 0 saturated carbocycles. The highest BCUT2D eigenvalue weighted by Gasteiger charge is 2.21. The average Bonchev–Trinajstić information content (AvgIpc) is 3.10. The van der Waals surface area contributed by atoms with E-state index < -0.39 is 0 Å². The number of hydrogen-bond donors (Lipinski definition) is 0. The third kappa shape index (κ3) is 4.02. The molecule has 6 nitrogen and oxygen atoms in total. The van der Waals surface area contributed by atoms with Crippen LogP contribution in [0.1, 0.15) is 41.6 Å². The molecule has 2 aromatic rings. The number of rotatable bonds is 5. The van der Waals surface area contributed by atoms with E-state index in [0.717, 1.165) is 24.5 Å². The van der Waals surface area contributed by atoms with Gasteiger partial charge in [0.2, 0.25) is 0 Å². The van der Waals surface area contributed by atoms with Gasteiger partial charge in [0, 0.05) is 31.9 Å². The quantitative estimate of drug-likeness (QED) is 0.835. The Kier molecular flexibility index (Phi) is 5.38. The van der Waals surface area contributed by atoms with Crippen molar-refractivity contribution in [1.82, 2.24) is 10.1 Å². The number of carbonyl (C=O) groups is 1. The summed E-state index contributed by atoms with van der Waals surface area (Å²) in [7, 11) is 1.79. The standard InChI is InChI=1S/C19H25N3O3/c1-14(2)17-12-15(25-20-17)13-21(3)19(23)16-6-4-5-7-18(16)22-8-10-24-11-9-22/h4-7,12,14H,8-11,13H2,1-3H3. The predicted octanol–water partition coefficient (Wildman–Crippen LogP) is 2.91. The maximum atomic E-state index is 13.0. The zero-order valence-electron chi connectivity index (χ0n) is 15.1. The number of para-hydroxylation sites is 1. The first-order chi connectivity index (χ1) is 12.1. The summed E-state index contributed by atoms with van der Waals surface area (Å²) in [4.78, 5) is 16.8. The van der Waals surface area contributed by atoms with Gasteiger partial charge in [-0.3, -0.25) is 4.79 Å². The summed E-state index contributed by atoms with van der Waals surface area (Å²) < 4.78 is 10.8. The Morgan fingerprint density at radius 1 is 1.28 bits per heavy atom.